The van der Waals surface area contributed by atoms with E-state index in [9.17, 15) is 15.3 Å². The van der Waals surface area contributed by atoms with Crippen molar-refractivity contribution < 1.29 is 4.79 Å². The number of fused-ring (bicyclic) bond motifs is 2. The number of hydrogen-bond acceptors (Lipinski definition) is 6. The van der Waals surface area contributed by atoms with Crippen molar-refractivity contribution in [3.05, 3.63) is 38.9 Å². The van der Waals surface area contributed by atoms with Gasteiger partial charge >= 0.3 is 0 Å². The van der Waals surface area contributed by atoms with E-state index in [-0.39, 0.29) is 11.3 Å². The molecule has 2 heterocycles. The Balaban J connectivity index is 1.39. The Labute approximate surface area is 211 Å². The van der Waals surface area contributed by atoms with Gasteiger partial charge in [0.05, 0.1) is 11.1 Å². The van der Waals surface area contributed by atoms with Crippen LogP contribution in [0.25, 0.3) is 0 Å². The molecule has 7 heteroatoms. The molecule has 1 amide bonds. The summed E-state index contributed by atoms with van der Waals surface area (Å²) in [6.07, 6.45) is 6.33. The first-order valence-corrected chi connectivity index (χ1v) is 13.9. The number of aromatic nitrogens is 1. The zero-order chi connectivity index (χ0) is 24.5. The van der Waals surface area contributed by atoms with Gasteiger partial charge in [0.2, 0.25) is 5.91 Å². The lowest BCUT2D eigenvalue weighted by atomic mass is 9.72. The Morgan fingerprint density at radius 2 is 2.03 bits per heavy atom. The maximum absolute atomic E-state index is 12.7. The van der Waals surface area contributed by atoms with Crippen molar-refractivity contribution in [3.63, 3.8) is 0 Å². The minimum absolute atomic E-state index is 0.0970. The lowest BCUT2D eigenvalue weighted by molar-refractivity contribution is -0.115. The van der Waals surface area contributed by atoms with Crippen LogP contribution >= 0.6 is 23.1 Å². The zero-order valence-electron chi connectivity index (χ0n) is 20.5. The van der Waals surface area contributed by atoms with Crippen LogP contribution in [0.1, 0.15) is 79.8 Å². The standard InChI is InChI=1S/C27H32N4OS2/c1-16-5-8-22-17(11-16)12-18(14-28)25(30-22)33-10-9-24(32)31-26-21(15-29)20-7-6-19(27(2,3)4)13-23(20)34-26/h12,16,19H,5-11,13H2,1-4H3,(H,31,32). The highest BCUT2D eigenvalue weighted by atomic mass is 32.2. The van der Waals surface area contributed by atoms with E-state index < -0.39 is 0 Å². The summed E-state index contributed by atoms with van der Waals surface area (Å²) in [5.74, 6) is 1.66. The van der Waals surface area contributed by atoms with E-state index in [0.717, 1.165) is 54.8 Å². The van der Waals surface area contributed by atoms with Gasteiger partial charge in [0.15, 0.2) is 0 Å². The maximum Gasteiger partial charge on any atom is 0.225 e. The first kappa shape index (κ1) is 24.8. The summed E-state index contributed by atoms with van der Waals surface area (Å²) >= 11 is 3.04. The van der Waals surface area contributed by atoms with Gasteiger partial charge in [-0.1, -0.05) is 27.7 Å². The largest absolute Gasteiger partial charge is 0.317 e. The number of carbonyl (C=O) groups is 1. The van der Waals surface area contributed by atoms with Crippen LogP contribution in [-0.2, 0) is 30.5 Å². The van der Waals surface area contributed by atoms with Crippen molar-refractivity contribution >= 4 is 34.0 Å². The lowest BCUT2D eigenvalue weighted by Crippen LogP contribution is -2.26. The molecule has 2 aliphatic carbocycles. The second-order valence-electron chi connectivity index (χ2n) is 10.7. The molecular formula is C27H32N4OS2. The van der Waals surface area contributed by atoms with Gasteiger partial charge in [-0.25, -0.2) is 4.98 Å². The van der Waals surface area contributed by atoms with Crippen molar-refractivity contribution in [2.45, 2.75) is 77.7 Å². The van der Waals surface area contributed by atoms with Gasteiger partial charge < -0.3 is 5.32 Å². The van der Waals surface area contributed by atoms with Crippen LogP contribution in [0.3, 0.4) is 0 Å². The fourth-order valence-corrected chi connectivity index (χ4v) is 7.19. The summed E-state index contributed by atoms with van der Waals surface area (Å²) in [6.45, 7) is 9.06. The number of amides is 1. The second kappa shape index (κ2) is 10.1. The van der Waals surface area contributed by atoms with Crippen molar-refractivity contribution in [3.8, 4) is 12.1 Å². The van der Waals surface area contributed by atoms with Crippen LogP contribution in [0.2, 0.25) is 0 Å². The molecule has 0 saturated heterocycles. The van der Waals surface area contributed by atoms with E-state index in [1.54, 1.807) is 11.3 Å². The fraction of sp³-hybridized carbons (Fsp3) is 0.556. The zero-order valence-corrected chi connectivity index (χ0v) is 22.1. The number of anilines is 1. The van der Waals surface area contributed by atoms with Gasteiger partial charge in [0.25, 0.3) is 0 Å². The monoisotopic (exact) mass is 492 g/mol. The lowest BCUT2D eigenvalue weighted by Gasteiger charge is -2.33. The van der Waals surface area contributed by atoms with Crippen LogP contribution in [0.4, 0.5) is 5.00 Å². The van der Waals surface area contributed by atoms with E-state index in [0.29, 0.717) is 40.1 Å². The highest BCUT2D eigenvalue weighted by molar-refractivity contribution is 7.99. The fourth-order valence-electron chi connectivity index (χ4n) is 4.98. The molecule has 34 heavy (non-hydrogen) atoms. The molecule has 2 aliphatic rings. The molecule has 2 unspecified atom stereocenters. The SMILES string of the molecule is CC1CCc2nc(SCCC(=O)Nc3sc4c(c3C#N)CCC(C(C)(C)C)C4)c(C#N)cc2C1. The number of carbonyl (C=O) groups excluding carboxylic acids is 1. The Morgan fingerprint density at radius 3 is 2.74 bits per heavy atom. The Morgan fingerprint density at radius 1 is 1.24 bits per heavy atom. The van der Waals surface area contributed by atoms with Crippen molar-refractivity contribution in [1.29, 1.82) is 10.5 Å². The number of aryl methyl sites for hydroxylation is 1. The molecule has 178 valence electrons. The summed E-state index contributed by atoms with van der Waals surface area (Å²) in [7, 11) is 0. The first-order valence-electron chi connectivity index (χ1n) is 12.1. The quantitative estimate of drug-likeness (QED) is 0.496. The smallest absolute Gasteiger partial charge is 0.225 e. The van der Waals surface area contributed by atoms with Gasteiger partial charge in [0.1, 0.15) is 22.2 Å². The van der Waals surface area contributed by atoms with Gasteiger partial charge in [-0.05, 0) is 73.0 Å². The van der Waals surface area contributed by atoms with E-state index in [4.69, 9.17) is 4.98 Å². The maximum atomic E-state index is 12.7. The summed E-state index contributed by atoms with van der Waals surface area (Å²) in [4.78, 5) is 18.7. The molecule has 4 rings (SSSR count). The Kier molecular flexibility index (Phi) is 7.36. The number of rotatable bonds is 5. The van der Waals surface area contributed by atoms with Crippen LogP contribution in [0.5, 0.6) is 0 Å². The molecular weight excluding hydrogens is 460 g/mol. The average molecular weight is 493 g/mol. The predicted octanol–water partition coefficient (Wildman–Crippen LogP) is 6.28. The van der Waals surface area contributed by atoms with Crippen LogP contribution in [-0.4, -0.2) is 16.6 Å². The number of nitriles is 2. The number of thiophene rings is 1. The van der Waals surface area contributed by atoms with Crippen LogP contribution in [0, 0.1) is 39.9 Å². The van der Waals surface area contributed by atoms with Gasteiger partial charge in [-0.15, -0.1) is 23.1 Å². The third-order valence-electron chi connectivity index (χ3n) is 7.14. The molecule has 0 radical (unpaired) electrons. The predicted molar refractivity (Wildman–Crippen MR) is 138 cm³/mol. The molecule has 2 atom stereocenters. The average Bonchev–Trinajstić information content (AvgIpc) is 3.14. The van der Waals surface area contributed by atoms with Crippen LogP contribution in [0.15, 0.2) is 11.1 Å². The normalized spacial score (nSPS) is 19.5. The molecule has 0 aliphatic heterocycles. The molecule has 0 fully saturated rings. The highest BCUT2D eigenvalue weighted by Crippen LogP contribution is 2.44. The van der Waals surface area contributed by atoms with Gasteiger partial charge in [-0.3, -0.25) is 4.79 Å². The van der Waals surface area contributed by atoms with Gasteiger partial charge in [-0.2, -0.15) is 10.5 Å². The topological polar surface area (TPSA) is 89.6 Å². The number of hydrogen-bond donors (Lipinski definition) is 1. The molecule has 1 N–H and O–H groups in total. The highest BCUT2D eigenvalue weighted by Gasteiger charge is 2.32. The molecule has 0 saturated carbocycles. The van der Waals surface area contributed by atoms with E-state index in [2.05, 4.69) is 45.2 Å². The van der Waals surface area contributed by atoms with Crippen LogP contribution < -0.4 is 5.32 Å². The van der Waals surface area contributed by atoms with Crippen molar-refractivity contribution in [2.75, 3.05) is 11.1 Å². The minimum atomic E-state index is -0.0970. The summed E-state index contributed by atoms with van der Waals surface area (Å²) in [5, 5.41) is 23.8. The number of thioether (sulfide) groups is 1. The molecule has 0 aromatic carbocycles. The second-order valence-corrected chi connectivity index (χ2v) is 12.9. The van der Waals surface area contributed by atoms with E-state index >= 15 is 0 Å². The summed E-state index contributed by atoms with van der Waals surface area (Å²) in [6, 6.07) is 6.60. The first-order chi connectivity index (χ1) is 16.2. The Bertz CT molecular complexity index is 1180. The number of nitrogens with one attached hydrogen (secondary N) is 1. The van der Waals surface area contributed by atoms with E-state index in [1.165, 1.54) is 22.2 Å². The number of nitrogens with zero attached hydrogens (tertiary/aromatic N) is 3. The third kappa shape index (κ3) is 5.32. The summed E-state index contributed by atoms with van der Waals surface area (Å²) < 4.78 is 0. The molecule has 0 spiro atoms. The van der Waals surface area contributed by atoms with Gasteiger partial charge in [0, 0.05) is 22.7 Å². The molecule has 5 nitrogen and oxygen atoms in total. The van der Waals surface area contributed by atoms with E-state index in [1.807, 2.05) is 6.07 Å². The summed E-state index contributed by atoms with van der Waals surface area (Å²) in [5.41, 5.74) is 4.90. The molecule has 2 aromatic rings. The molecule has 0 bridgehead atoms. The molecule has 2 aromatic heterocycles. The van der Waals surface area contributed by atoms with Crippen molar-refractivity contribution in [2.24, 2.45) is 17.3 Å². The van der Waals surface area contributed by atoms with Crippen molar-refractivity contribution in [1.82, 2.24) is 4.98 Å². The number of pyridine rings is 1. The Hall–Kier alpha value is -2.35. The minimum Gasteiger partial charge on any atom is -0.317 e. The third-order valence-corrected chi connectivity index (χ3v) is 9.30.